The van der Waals surface area contributed by atoms with Crippen LogP contribution in [0.3, 0.4) is 0 Å². The molecule has 0 bridgehead atoms. The topological polar surface area (TPSA) is 149 Å². The molecule has 2 rings (SSSR count). The van der Waals surface area contributed by atoms with Gasteiger partial charge in [-0.05, 0) is 80.3 Å². The van der Waals surface area contributed by atoms with Crippen molar-refractivity contribution in [2.75, 3.05) is 57.8 Å². The molecule has 0 aliphatic carbocycles. The van der Waals surface area contributed by atoms with Gasteiger partial charge in [-0.25, -0.2) is 9.59 Å². The summed E-state index contributed by atoms with van der Waals surface area (Å²) in [4.78, 5) is 38.8. The van der Waals surface area contributed by atoms with Crippen LogP contribution >= 0.6 is 0 Å². The quantitative estimate of drug-likeness (QED) is 0.300. The van der Waals surface area contributed by atoms with E-state index in [-0.39, 0.29) is 25.2 Å². The lowest BCUT2D eigenvalue weighted by Gasteiger charge is -2.19. The van der Waals surface area contributed by atoms with Crippen molar-refractivity contribution in [1.29, 1.82) is 0 Å². The SMILES string of the molecule is CC(C)(C)OC(=O)NCCCOc1nc(NCCN2CCCC2)nc(OCCCNC(=O)OC(C)(C)C)n1. The van der Waals surface area contributed by atoms with Crippen LogP contribution in [0.1, 0.15) is 67.2 Å². The van der Waals surface area contributed by atoms with Crippen LogP contribution in [0.15, 0.2) is 0 Å². The summed E-state index contributed by atoms with van der Waals surface area (Å²) >= 11 is 0. The molecule has 13 heteroatoms. The monoisotopic (exact) mass is 539 g/mol. The highest BCUT2D eigenvalue weighted by molar-refractivity contribution is 5.67. The third-order valence-corrected chi connectivity index (χ3v) is 4.95. The molecule has 2 amide bonds. The fourth-order valence-electron chi connectivity index (χ4n) is 3.36. The predicted molar refractivity (Wildman–Crippen MR) is 143 cm³/mol. The molecule has 1 aromatic rings. The molecular weight excluding hydrogens is 494 g/mol. The molecule has 2 heterocycles. The fraction of sp³-hybridized carbons (Fsp3) is 0.800. The Bertz CT molecular complexity index is 810. The molecule has 1 aliphatic heterocycles. The summed E-state index contributed by atoms with van der Waals surface area (Å²) in [6, 6.07) is 0.255. The van der Waals surface area contributed by atoms with Crippen LogP contribution in [-0.4, -0.2) is 95.7 Å². The van der Waals surface area contributed by atoms with Crippen LogP contribution in [0.4, 0.5) is 15.5 Å². The Balaban J connectivity index is 1.82. The van der Waals surface area contributed by atoms with Crippen molar-refractivity contribution in [3.8, 4) is 12.0 Å². The number of nitrogens with one attached hydrogen (secondary N) is 3. The second-order valence-electron chi connectivity index (χ2n) is 11.0. The third-order valence-electron chi connectivity index (χ3n) is 4.95. The molecule has 1 saturated heterocycles. The molecule has 38 heavy (non-hydrogen) atoms. The van der Waals surface area contributed by atoms with E-state index >= 15 is 0 Å². The number of amides is 2. The summed E-state index contributed by atoms with van der Waals surface area (Å²) in [7, 11) is 0. The smallest absolute Gasteiger partial charge is 0.407 e. The minimum Gasteiger partial charge on any atom is -0.463 e. The number of hydrogen-bond acceptors (Lipinski definition) is 11. The number of hydrogen-bond donors (Lipinski definition) is 3. The lowest BCUT2D eigenvalue weighted by molar-refractivity contribution is 0.0513. The summed E-state index contributed by atoms with van der Waals surface area (Å²) in [6.45, 7) is 16.0. The van der Waals surface area contributed by atoms with Gasteiger partial charge >= 0.3 is 24.2 Å². The Hall–Kier alpha value is -3.09. The first kappa shape index (κ1) is 31.1. The molecule has 1 aliphatic rings. The van der Waals surface area contributed by atoms with Gasteiger partial charge in [-0.1, -0.05) is 0 Å². The highest BCUT2D eigenvalue weighted by Crippen LogP contribution is 2.14. The van der Waals surface area contributed by atoms with Gasteiger partial charge in [0.05, 0.1) is 13.2 Å². The Morgan fingerprint density at radius 1 is 0.763 bits per heavy atom. The number of rotatable bonds is 14. The van der Waals surface area contributed by atoms with Gasteiger partial charge in [0.1, 0.15) is 11.2 Å². The van der Waals surface area contributed by atoms with Gasteiger partial charge in [0, 0.05) is 26.2 Å². The largest absolute Gasteiger partial charge is 0.463 e. The lowest BCUT2D eigenvalue weighted by atomic mass is 10.2. The first-order valence-electron chi connectivity index (χ1n) is 13.3. The van der Waals surface area contributed by atoms with Gasteiger partial charge in [0.25, 0.3) is 0 Å². The van der Waals surface area contributed by atoms with Crippen LogP contribution in [-0.2, 0) is 9.47 Å². The minimum absolute atomic E-state index is 0.128. The van der Waals surface area contributed by atoms with Gasteiger partial charge < -0.3 is 39.8 Å². The number of carbonyl (C=O) groups excluding carboxylic acids is 2. The maximum Gasteiger partial charge on any atom is 0.407 e. The molecule has 1 aromatic heterocycles. The number of aromatic nitrogens is 3. The molecular formula is C25H45N7O6. The van der Waals surface area contributed by atoms with E-state index in [9.17, 15) is 9.59 Å². The van der Waals surface area contributed by atoms with Crippen LogP contribution in [0.25, 0.3) is 0 Å². The highest BCUT2D eigenvalue weighted by atomic mass is 16.6. The van der Waals surface area contributed by atoms with E-state index in [0.29, 0.717) is 38.4 Å². The maximum atomic E-state index is 11.8. The predicted octanol–water partition coefficient (Wildman–Crippen LogP) is 2.97. The van der Waals surface area contributed by atoms with Crippen molar-refractivity contribution in [3.05, 3.63) is 0 Å². The van der Waals surface area contributed by atoms with Gasteiger partial charge in [0.15, 0.2) is 0 Å². The number of alkyl carbamates (subject to hydrolysis) is 2. The second-order valence-corrected chi connectivity index (χ2v) is 11.0. The summed E-state index contributed by atoms with van der Waals surface area (Å²) in [5, 5.41) is 8.59. The van der Waals surface area contributed by atoms with Crippen molar-refractivity contribution in [2.45, 2.75) is 78.4 Å². The Kier molecular flexibility index (Phi) is 12.6. The molecule has 3 N–H and O–H groups in total. The average Bonchev–Trinajstić information content (AvgIpc) is 3.30. The highest BCUT2D eigenvalue weighted by Gasteiger charge is 2.17. The van der Waals surface area contributed by atoms with Gasteiger partial charge in [-0.2, -0.15) is 9.97 Å². The fourth-order valence-corrected chi connectivity index (χ4v) is 3.36. The summed E-state index contributed by atoms with van der Waals surface area (Å²) in [6.07, 6.45) is 2.59. The molecule has 0 saturated carbocycles. The average molecular weight is 540 g/mol. The summed E-state index contributed by atoms with van der Waals surface area (Å²) < 4.78 is 21.8. The van der Waals surface area contributed by atoms with E-state index < -0.39 is 23.4 Å². The van der Waals surface area contributed by atoms with E-state index in [2.05, 4.69) is 35.8 Å². The van der Waals surface area contributed by atoms with Crippen LogP contribution < -0.4 is 25.4 Å². The van der Waals surface area contributed by atoms with E-state index in [1.165, 1.54) is 12.8 Å². The molecule has 0 radical (unpaired) electrons. The van der Waals surface area contributed by atoms with E-state index in [1.54, 1.807) is 0 Å². The minimum atomic E-state index is -0.550. The molecule has 0 spiro atoms. The van der Waals surface area contributed by atoms with E-state index in [0.717, 1.165) is 19.6 Å². The lowest BCUT2D eigenvalue weighted by Crippen LogP contribution is -2.33. The molecule has 13 nitrogen and oxygen atoms in total. The zero-order valence-corrected chi connectivity index (χ0v) is 23.7. The molecule has 0 aromatic carbocycles. The molecule has 0 atom stereocenters. The van der Waals surface area contributed by atoms with E-state index in [1.807, 2.05) is 41.5 Å². The zero-order chi connectivity index (χ0) is 28.0. The van der Waals surface area contributed by atoms with E-state index in [4.69, 9.17) is 18.9 Å². The second kappa shape index (κ2) is 15.4. The first-order valence-corrected chi connectivity index (χ1v) is 13.3. The first-order chi connectivity index (χ1) is 17.9. The number of likely N-dealkylation sites (tertiary alicyclic amines) is 1. The van der Waals surface area contributed by atoms with Crippen molar-refractivity contribution >= 4 is 18.1 Å². The molecule has 0 unspecified atom stereocenters. The van der Waals surface area contributed by atoms with Crippen molar-refractivity contribution < 1.29 is 28.5 Å². The van der Waals surface area contributed by atoms with Crippen LogP contribution in [0.5, 0.6) is 12.0 Å². The molecule has 216 valence electrons. The van der Waals surface area contributed by atoms with Crippen molar-refractivity contribution in [2.24, 2.45) is 0 Å². The zero-order valence-electron chi connectivity index (χ0n) is 23.7. The molecule has 1 fully saturated rings. The number of ether oxygens (including phenoxy) is 4. The van der Waals surface area contributed by atoms with Crippen LogP contribution in [0.2, 0.25) is 0 Å². The van der Waals surface area contributed by atoms with Crippen molar-refractivity contribution in [1.82, 2.24) is 30.5 Å². The van der Waals surface area contributed by atoms with Crippen molar-refractivity contribution in [3.63, 3.8) is 0 Å². The van der Waals surface area contributed by atoms with Gasteiger partial charge in [-0.15, -0.1) is 4.98 Å². The van der Waals surface area contributed by atoms with Crippen LogP contribution in [0, 0.1) is 0 Å². The van der Waals surface area contributed by atoms with Gasteiger partial charge in [-0.3, -0.25) is 0 Å². The normalized spacial score (nSPS) is 14.1. The number of carbonyl (C=O) groups is 2. The summed E-state index contributed by atoms with van der Waals surface area (Å²) in [5.41, 5.74) is -1.10. The summed E-state index contributed by atoms with van der Waals surface area (Å²) in [5.74, 6) is 0.364. The maximum absolute atomic E-state index is 11.8. The number of anilines is 1. The Morgan fingerprint density at radius 2 is 1.24 bits per heavy atom. The van der Waals surface area contributed by atoms with Gasteiger partial charge in [0.2, 0.25) is 5.95 Å². The Labute approximate surface area is 225 Å². The number of nitrogens with zero attached hydrogens (tertiary/aromatic N) is 4. The third kappa shape index (κ3) is 14.6. The Morgan fingerprint density at radius 3 is 1.68 bits per heavy atom. The standard InChI is InChI=1S/C25H45N7O6/c1-24(2,3)37-22(33)27-11-9-17-35-20-29-19(26-13-16-32-14-7-8-15-32)30-21(31-20)36-18-10-12-28-23(34)38-25(4,5)6/h7-18H2,1-6H3,(H,27,33)(H,28,34)(H,26,29,30,31).